The van der Waals surface area contributed by atoms with Crippen LogP contribution in [-0.4, -0.2) is 47.5 Å². The minimum atomic E-state index is -0.233. The van der Waals surface area contributed by atoms with Crippen molar-refractivity contribution in [1.82, 2.24) is 4.90 Å². The van der Waals surface area contributed by atoms with Gasteiger partial charge in [0, 0.05) is 13.1 Å². The molecule has 3 nitrogen and oxygen atoms in total. The summed E-state index contributed by atoms with van der Waals surface area (Å²) in [5, 5.41) is 17.8. The zero-order valence-electron chi connectivity index (χ0n) is 8.16. The Kier molecular flexibility index (Phi) is 7.45. The summed E-state index contributed by atoms with van der Waals surface area (Å²) in [5.41, 5.74) is 0. The number of aliphatic hydroxyl groups is 2. The summed E-state index contributed by atoms with van der Waals surface area (Å²) in [6.07, 6.45) is 1.66. The second kappa shape index (κ2) is 7.53. The van der Waals surface area contributed by atoms with Crippen LogP contribution < -0.4 is 0 Å². The molecule has 3 heteroatoms. The van der Waals surface area contributed by atoms with E-state index in [9.17, 15) is 0 Å². The summed E-state index contributed by atoms with van der Waals surface area (Å²) in [6, 6.07) is 0. The molecule has 0 aromatic rings. The van der Waals surface area contributed by atoms with Crippen LogP contribution in [0, 0.1) is 0 Å². The van der Waals surface area contributed by atoms with Gasteiger partial charge in [-0.3, -0.25) is 0 Å². The van der Waals surface area contributed by atoms with E-state index >= 15 is 0 Å². The molecule has 0 rings (SSSR count). The molecule has 0 aliphatic carbocycles. The first-order valence-electron chi connectivity index (χ1n) is 4.72. The molecule has 0 saturated carbocycles. The highest BCUT2D eigenvalue weighted by Gasteiger charge is 2.04. The van der Waals surface area contributed by atoms with Crippen molar-refractivity contribution < 1.29 is 10.2 Å². The van der Waals surface area contributed by atoms with Gasteiger partial charge in [0.15, 0.2) is 0 Å². The third-order valence-corrected chi connectivity index (χ3v) is 1.82. The molecule has 0 spiro atoms. The van der Waals surface area contributed by atoms with Crippen LogP contribution in [0.5, 0.6) is 0 Å². The lowest BCUT2D eigenvalue weighted by Gasteiger charge is -2.20. The van der Waals surface area contributed by atoms with Crippen molar-refractivity contribution in [3.8, 4) is 0 Å². The third kappa shape index (κ3) is 6.58. The zero-order chi connectivity index (χ0) is 9.40. The lowest BCUT2D eigenvalue weighted by molar-refractivity contribution is 0.142. The fourth-order valence-corrected chi connectivity index (χ4v) is 1.16. The van der Waals surface area contributed by atoms with Crippen molar-refractivity contribution in [3.05, 3.63) is 0 Å². The van der Waals surface area contributed by atoms with E-state index in [1.807, 2.05) is 0 Å². The van der Waals surface area contributed by atoms with E-state index in [4.69, 9.17) is 10.2 Å². The number of nitrogens with zero attached hydrogens (tertiary/aromatic N) is 1. The van der Waals surface area contributed by atoms with Gasteiger partial charge in [0.1, 0.15) is 0 Å². The molecule has 0 amide bonds. The Bertz CT molecular complexity index is 90.5. The summed E-state index contributed by atoms with van der Waals surface area (Å²) in [6.45, 7) is 6.73. The second-order valence-corrected chi connectivity index (χ2v) is 3.20. The molecule has 0 aliphatic rings. The van der Waals surface area contributed by atoms with Gasteiger partial charge < -0.3 is 15.1 Å². The summed E-state index contributed by atoms with van der Waals surface area (Å²) < 4.78 is 0. The van der Waals surface area contributed by atoms with Gasteiger partial charge in [0.05, 0.1) is 12.7 Å². The molecule has 0 aromatic heterocycles. The molecule has 12 heavy (non-hydrogen) atoms. The van der Waals surface area contributed by atoms with Gasteiger partial charge in [0.2, 0.25) is 0 Å². The maximum Gasteiger partial charge on any atom is 0.0558 e. The van der Waals surface area contributed by atoms with E-state index < -0.39 is 0 Å². The van der Waals surface area contributed by atoms with Gasteiger partial charge in [-0.05, 0) is 26.3 Å². The van der Waals surface area contributed by atoms with Gasteiger partial charge in [0.25, 0.3) is 0 Å². The average molecular weight is 175 g/mol. The Morgan fingerprint density at radius 2 is 1.92 bits per heavy atom. The molecule has 0 aliphatic heterocycles. The largest absolute Gasteiger partial charge is 0.395 e. The monoisotopic (exact) mass is 175 g/mol. The van der Waals surface area contributed by atoms with Crippen LogP contribution in [0.4, 0.5) is 0 Å². The van der Waals surface area contributed by atoms with Gasteiger partial charge in [-0.15, -0.1) is 0 Å². The molecule has 0 saturated heterocycles. The predicted octanol–water partition coefficient (Wildman–Crippen LogP) is 0.462. The maximum absolute atomic E-state index is 9.05. The molecule has 0 fully saturated rings. The van der Waals surface area contributed by atoms with Crippen LogP contribution in [0.1, 0.15) is 26.7 Å². The van der Waals surface area contributed by atoms with E-state index in [1.165, 1.54) is 0 Å². The molecule has 0 bridgehead atoms. The summed E-state index contributed by atoms with van der Waals surface area (Å²) in [5.74, 6) is 0. The molecular formula is C9H21NO2. The van der Waals surface area contributed by atoms with Gasteiger partial charge in [-0.2, -0.15) is 0 Å². The lowest BCUT2D eigenvalue weighted by Crippen LogP contribution is -2.30. The highest BCUT2D eigenvalue weighted by molar-refractivity contribution is 4.58. The molecular weight excluding hydrogens is 154 g/mol. The van der Waals surface area contributed by atoms with Crippen LogP contribution >= 0.6 is 0 Å². The molecule has 2 N–H and O–H groups in total. The molecule has 0 radical (unpaired) electrons. The second-order valence-electron chi connectivity index (χ2n) is 3.20. The van der Waals surface area contributed by atoms with E-state index in [0.29, 0.717) is 0 Å². The topological polar surface area (TPSA) is 43.7 Å². The minimum Gasteiger partial charge on any atom is -0.395 e. The Morgan fingerprint density at radius 1 is 1.25 bits per heavy atom. The third-order valence-electron chi connectivity index (χ3n) is 1.82. The normalized spacial score (nSPS) is 13.8. The number of aliphatic hydroxyl groups excluding tert-OH is 2. The van der Waals surface area contributed by atoms with Crippen LogP contribution in [-0.2, 0) is 0 Å². The van der Waals surface area contributed by atoms with Crippen molar-refractivity contribution in [3.63, 3.8) is 0 Å². The van der Waals surface area contributed by atoms with Gasteiger partial charge in [-0.1, -0.05) is 6.92 Å². The van der Waals surface area contributed by atoms with E-state index in [1.54, 1.807) is 6.92 Å². The lowest BCUT2D eigenvalue weighted by atomic mass is 10.2. The molecule has 0 heterocycles. The molecule has 74 valence electrons. The van der Waals surface area contributed by atoms with E-state index in [2.05, 4.69) is 11.8 Å². The van der Waals surface area contributed by atoms with Crippen LogP contribution in [0.15, 0.2) is 0 Å². The molecule has 1 atom stereocenters. The summed E-state index contributed by atoms with van der Waals surface area (Å²) >= 11 is 0. The van der Waals surface area contributed by atoms with Crippen molar-refractivity contribution in [2.75, 3.05) is 26.2 Å². The van der Waals surface area contributed by atoms with Crippen molar-refractivity contribution >= 4 is 0 Å². The van der Waals surface area contributed by atoms with Gasteiger partial charge in [-0.25, -0.2) is 0 Å². The van der Waals surface area contributed by atoms with Crippen molar-refractivity contribution in [2.24, 2.45) is 0 Å². The van der Waals surface area contributed by atoms with Crippen LogP contribution in [0.2, 0.25) is 0 Å². The standard InChI is InChI=1S/C9H21NO2/c1-3-5-10(7-8-11)6-4-9(2)12/h9,11-12H,3-8H2,1-2H3. The van der Waals surface area contributed by atoms with Crippen molar-refractivity contribution in [1.29, 1.82) is 0 Å². The fraction of sp³-hybridized carbons (Fsp3) is 1.00. The first kappa shape index (κ1) is 11.9. The highest BCUT2D eigenvalue weighted by Crippen LogP contribution is 1.96. The highest BCUT2D eigenvalue weighted by atomic mass is 16.3. The number of hydrogen-bond donors (Lipinski definition) is 2. The summed E-state index contributed by atoms with van der Waals surface area (Å²) in [4.78, 5) is 2.17. The molecule has 0 aromatic carbocycles. The van der Waals surface area contributed by atoms with E-state index in [0.717, 1.165) is 32.5 Å². The predicted molar refractivity (Wildman–Crippen MR) is 50.1 cm³/mol. The SMILES string of the molecule is CCCN(CCO)CCC(C)O. The van der Waals surface area contributed by atoms with E-state index in [-0.39, 0.29) is 12.7 Å². The maximum atomic E-state index is 9.05. The Morgan fingerprint density at radius 3 is 2.33 bits per heavy atom. The Labute approximate surface area is 75.0 Å². The quantitative estimate of drug-likeness (QED) is 0.591. The summed E-state index contributed by atoms with van der Waals surface area (Å²) in [7, 11) is 0. The number of rotatable bonds is 7. The average Bonchev–Trinajstić information content (AvgIpc) is 2.01. The fourth-order valence-electron chi connectivity index (χ4n) is 1.16. The first-order chi connectivity index (χ1) is 5.70. The Balaban J connectivity index is 3.48. The van der Waals surface area contributed by atoms with Crippen LogP contribution in [0.3, 0.4) is 0 Å². The Hall–Kier alpha value is -0.120. The van der Waals surface area contributed by atoms with Gasteiger partial charge >= 0.3 is 0 Å². The smallest absolute Gasteiger partial charge is 0.0558 e. The van der Waals surface area contributed by atoms with Crippen LogP contribution in [0.25, 0.3) is 0 Å². The zero-order valence-corrected chi connectivity index (χ0v) is 8.16. The minimum absolute atomic E-state index is 0.208. The first-order valence-corrected chi connectivity index (χ1v) is 4.72. The number of hydrogen-bond acceptors (Lipinski definition) is 3. The molecule has 1 unspecified atom stereocenters. The van der Waals surface area contributed by atoms with Crippen molar-refractivity contribution in [2.45, 2.75) is 32.8 Å².